The number of hydrogen-bond acceptors (Lipinski definition) is 6. The maximum atomic E-state index is 11.1. The third-order valence-electron chi connectivity index (χ3n) is 4.40. The smallest absolute Gasteiger partial charge is 0.269 e. The fraction of sp³-hybridized carbons (Fsp3) is 0.389. The summed E-state index contributed by atoms with van der Waals surface area (Å²) >= 11 is 0. The van der Waals surface area contributed by atoms with E-state index in [1.807, 2.05) is 6.07 Å². The summed E-state index contributed by atoms with van der Waals surface area (Å²) in [6, 6.07) is 13.8. The minimum absolute atomic E-state index is 0.00582. The lowest BCUT2D eigenvalue weighted by Gasteiger charge is -2.41. The molecular formula is C18H23N5O2. The van der Waals surface area contributed by atoms with E-state index in [2.05, 4.69) is 51.6 Å². The Balaban J connectivity index is 1.71. The van der Waals surface area contributed by atoms with E-state index in [0.717, 1.165) is 13.1 Å². The van der Waals surface area contributed by atoms with E-state index >= 15 is 0 Å². The van der Waals surface area contributed by atoms with E-state index in [9.17, 15) is 4.79 Å². The van der Waals surface area contributed by atoms with Crippen molar-refractivity contribution in [3.63, 3.8) is 0 Å². The molecule has 3 N–H and O–H groups in total. The Hall–Kier alpha value is -2.51. The second kappa shape index (κ2) is 8.04. The molecule has 1 amide bonds. The molecule has 0 bridgehead atoms. The predicted molar refractivity (Wildman–Crippen MR) is 95.2 cm³/mol. The third-order valence-corrected chi connectivity index (χ3v) is 4.40. The van der Waals surface area contributed by atoms with Gasteiger partial charge in [0.2, 0.25) is 0 Å². The molecule has 1 aliphatic heterocycles. The van der Waals surface area contributed by atoms with Gasteiger partial charge < -0.3 is 15.8 Å². The summed E-state index contributed by atoms with van der Waals surface area (Å²) in [5.41, 5.74) is 6.57. The first kappa shape index (κ1) is 17.3. The number of carbonyl (C=O) groups is 1. The third kappa shape index (κ3) is 4.12. The van der Waals surface area contributed by atoms with E-state index < -0.39 is 5.91 Å². The highest BCUT2D eigenvalue weighted by Gasteiger charge is 2.32. The molecule has 1 aromatic heterocycles. The van der Waals surface area contributed by atoms with Crippen LogP contribution < -0.4 is 11.1 Å². The Morgan fingerprint density at radius 1 is 1.28 bits per heavy atom. The van der Waals surface area contributed by atoms with E-state index in [-0.39, 0.29) is 17.8 Å². The van der Waals surface area contributed by atoms with Crippen LogP contribution in [-0.2, 0) is 4.74 Å². The van der Waals surface area contributed by atoms with Crippen LogP contribution in [0.1, 0.15) is 29.0 Å². The first-order valence-electron chi connectivity index (χ1n) is 8.47. The highest BCUT2D eigenvalue weighted by atomic mass is 16.5. The summed E-state index contributed by atoms with van der Waals surface area (Å²) < 4.78 is 6.03. The summed E-state index contributed by atoms with van der Waals surface area (Å²) in [6.07, 6.45) is -0.00582. The number of hydrogen-bond donors (Lipinski definition) is 2. The van der Waals surface area contributed by atoms with Crippen LogP contribution in [0.4, 0.5) is 5.82 Å². The Morgan fingerprint density at radius 3 is 2.72 bits per heavy atom. The fourth-order valence-electron chi connectivity index (χ4n) is 3.15. The number of benzene rings is 1. The van der Waals surface area contributed by atoms with Gasteiger partial charge in [0.05, 0.1) is 18.8 Å². The maximum Gasteiger partial charge on any atom is 0.269 e. The molecule has 1 fully saturated rings. The lowest BCUT2D eigenvalue weighted by molar-refractivity contribution is -0.0639. The van der Waals surface area contributed by atoms with Gasteiger partial charge in [0.25, 0.3) is 5.91 Å². The van der Waals surface area contributed by atoms with Gasteiger partial charge in [0.1, 0.15) is 5.82 Å². The number of nitrogens with two attached hydrogens (primary N) is 1. The summed E-state index contributed by atoms with van der Waals surface area (Å²) in [6.45, 7) is 5.35. The van der Waals surface area contributed by atoms with Gasteiger partial charge in [0.15, 0.2) is 5.69 Å². The Morgan fingerprint density at radius 2 is 2.08 bits per heavy atom. The minimum Gasteiger partial charge on any atom is -0.373 e. The van der Waals surface area contributed by atoms with Gasteiger partial charge in [-0.25, -0.2) is 0 Å². The molecule has 0 unspecified atom stereocenters. The number of rotatable bonds is 6. The molecule has 132 valence electrons. The summed E-state index contributed by atoms with van der Waals surface area (Å²) in [5.74, 6) is 0.00595. The van der Waals surface area contributed by atoms with Crippen LogP contribution in [0.25, 0.3) is 0 Å². The summed E-state index contributed by atoms with van der Waals surface area (Å²) in [7, 11) is 0. The monoisotopic (exact) mass is 341 g/mol. The lowest BCUT2D eigenvalue weighted by atomic mass is 9.98. The van der Waals surface area contributed by atoms with Crippen LogP contribution in [0.3, 0.4) is 0 Å². The molecule has 1 aromatic carbocycles. The van der Waals surface area contributed by atoms with Crippen LogP contribution in [0, 0.1) is 0 Å². The Bertz CT molecular complexity index is 692. The number of anilines is 1. The molecule has 25 heavy (non-hydrogen) atoms. The number of morpholine rings is 1. The molecule has 0 aliphatic carbocycles. The van der Waals surface area contributed by atoms with Gasteiger partial charge in [-0.3, -0.25) is 9.69 Å². The van der Waals surface area contributed by atoms with Crippen LogP contribution in [0.5, 0.6) is 0 Å². The second-order valence-corrected chi connectivity index (χ2v) is 5.94. The molecule has 2 aromatic rings. The molecule has 3 rings (SSSR count). The van der Waals surface area contributed by atoms with Gasteiger partial charge in [-0.2, -0.15) is 0 Å². The molecule has 2 atom stereocenters. The van der Waals surface area contributed by atoms with Crippen molar-refractivity contribution in [2.75, 3.05) is 31.6 Å². The number of primary amides is 1. The topological polar surface area (TPSA) is 93.4 Å². The van der Waals surface area contributed by atoms with Crippen molar-refractivity contribution < 1.29 is 9.53 Å². The molecule has 1 saturated heterocycles. The van der Waals surface area contributed by atoms with Crippen molar-refractivity contribution in [3.05, 3.63) is 53.7 Å². The van der Waals surface area contributed by atoms with Crippen LogP contribution in [0.15, 0.2) is 42.5 Å². The van der Waals surface area contributed by atoms with Gasteiger partial charge in [-0.1, -0.05) is 37.3 Å². The molecule has 1 aliphatic rings. The first-order valence-corrected chi connectivity index (χ1v) is 8.47. The Labute approximate surface area is 147 Å². The maximum absolute atomic E-state index is 11.1. The zero-order valence-corrected chi connectivity index (χ0v) is 14.3. The number of carbonyl (C=O) groups excluding carboxylic acids is 1. The molecule has 2 heterocycles. The molecule has 7 heteroatoms. The molecule has 0 saturated carbocycles. The molecule has 0 spiro atoms. The average Bonchev–Trinajstić information content (AvgIpc) is 2.67. The zero-order valence-electron chi connectivity index (χ0n) is 14.3. The average molecular weight is 341 g/mol. The van der Waals surface area contributed by atoms with E-state index in [1.165, 1.54) is 5.56 Å². The number of ether oxygens (including phenoxy) is 1. The van der Waals surface area contributed by atoms with Crippen molar-refractivity contribution in [3.8, 4) is 0 Å². The number of aromatic nitrogens is 2. The van der Waals surface area contributed by atoms with Gasteiger partial charge in [0, 0.05) is 13.1 Å². The minimum atomic E-state index is -0.586. The molecule has 7 nitrogen and oxygen atoms in total. The first-order chi connectivity index (χ1) is 12.2. The van der Waals surface area contributed by atoms with E-state index in [1.54, 1.807) is 12.1 Å². The van der Waals surface area contributed by atoms with Crippen molar-refractivity contribution in [1.29, 1.82) is 0 Å². The fourth-order valence-corrected chi connectivity index (χ4v) is 3.15. The predicted octanol–water partition coefficient (Wildman–Crippen LogP) is 1.45. The van der Waals surface area contributed by atoms with Crippen molar-refractivity contribution in [1.82, 2.24) is 15.1 Å². The number of likely N-dealkylation sites (N-methyl/N-ethyl adjacent to an activating group) is 1. The van der Waals surface area contributed by atoms with Crippen molar-refractivity contribution >= 4 is 11.7 Å². The quantitative estimate of drug-likeness (QED) is 0.826. The van der Waals surface area contributed by atoms with E-state index in [0.29, 0.717) is 19.0 Å². The van der Waals surface area contributed by atoms with Crippen molar-refractivity contribution in [2.45, 2.75) is 19.1 Å². The number of nitrogens with zero attached hydrogens (tertiary/aromatic N) is 3. The number of nitrogens with one attached hydrogen (secondary N) is 1. The van der Waals surface area contributed by atoms with Gasteiger partial charge in [-0.15, -0.1) is 10.2 Å². The number of amides is 1. The summed E-state index contributed by atoms with van der Waals surface area (Å²) in [5, 5.41) is 11.0. The molecule has 0 radical (unpaired) electrons. The van der Waals surface area contributed by atoms with Crippen LogP contribution >= 0.6 is 0 Å². The van der Waals surface area contributed by atoms with Crippen LogP contribution in [-0.4, -0.2) is 53.3 Å². The highest BCUT2D eigenvalue weighted by Crippen LogP contribution is 2.29. The van der Waals surface area contributed by atoms with E-state index in [4.69, 9.17) is 10.5 Å². The second-order valence-electron chi connectivity index (χ2n) is 5.94. The lowest BCUT2D eigenvalue weighted by Crippen LogP contribution is -2.47. The molecular weight excluding hydrogens is 318 g/mol. The Kier molecular flexibility index (Phi) is 5.57. The standard InChI is InChI=1S/C18H23N5O2/c1-2-23-10-11-25-15(17(23)13-6-4-3-5-7-13)12-20-16-9-8-14(18(19)24)21-22-16/h3-9,15,17H,2,10-12H2,1H3,(H2,19,24)(H,20,22)/t15-,17-/m0/s1. The summed E-state index contributed by atoms with van der Waals surface area (Å²) in [4.78, 5) is 13.5. The van der Waals surface area contributed by atoms with Gasteiger partial charge >= 0.3 is 0 Å². The van der Waals surface area contributed by atoms with Crippen LogP contribution in [0.2, 0.25) is 0 Å². The highest BCUT2D eigenvalue weighted by molar-refractivity contribution is 5.90. The van der Waals surface area contributed by atoms with Crippen molar-refractivity contribution in [2.24, 2.45) is 5.73 Å². The zero-order chi connectivity index (χ0) is 17.6. The largest absolute Gasteiger partial charge is 0.373 e. The SMILES string of the molecule is CCN1CCO[C@@H](CNc2ccc(C(N)=O)nn2)[C@@H]1c1ccccc1. The van der Waals surface area contributed by atoms with Gasteiger partial charge in [-0.05, 0) is 24.2 Å². The normalized spacial score (nSPS) is 21.0.